The maximum Gasteiger partial charge on any atom is 0.251 e. The minimum absolute atomic E-state index is 0.00709. The number of sulfonamides is 1. The molecule has 0 aliphatic carbocycles. The zero-order valence-electron chi connectivity index (χ0n) is 8.44. The third-order valence-electron chi connectivity index (χ3n) is 2.00. The average molecular weight is 228 g/mol. The summed E-state index contributed by atoms with van der Waals surface area (Å²) in [6.07, 6.45) is 0. The van der Waals surface area contributed by atoms with E-state index in [9.17, 15) is 13.2 Å². The van der Waals surface area contributed by atoms with Crippen molar-refractivity contribution in [1.29, 1.82) is 0 Å². The maximum absolute atomic E-state index is 11.3. The second kappa shape index (κ2) is 4.00. The fourth-order valence-corrected chi connectivity index (χ4v) is 1.80. The van der Waals surface area contributed by atoms with Crippen molar-refractivity contribution in [2.45, 2.75) is 11.8 Å². The van der Waals surface area contributed by atoms with Crippen molar-refractivity contribution in [3.05, 3.63) is 29.3 Å². The normalized spacial score (nSPS) is 11.1. The SMILES string of the molecule is CNC(=O)c1ccc(S(N)(=O)=O)cc1C. The maximum atomic E-state index is 11.3. The number of amides is 1. The summed E-state index contributed by atoms with van der Waals surface area (Å²) in [5, 5.41) is 7.42. The van der Waals surface area contributed by atoms with Crippen molar-refractivity contribution >= 4 is 15.9 Å². The number of aryl methyl sites for hydroxylation is 1. The number of nitrogens with one attached hydrogen (secondary N) is 1. The zero-order chi connectivity index (χ0) is 11.6. The lowest BCUT2D eigenvalue weighted by atomic mass is 10.1. The van der Waals surface area contributed by atoms with Gasteiger partial charge in [0.15, 0.2) is 0 Å². The number of primary sulfonamides is 1. The van der Waals surface area contributed by atoms with Crippen LogP contribution in [-0.2, 0) is 10.0 Å². The minimum atomic E-state index is -3.71. The highest BCUT2D eigenvalue weighted by Gasteiger charge is 2.12. The summed E-state index contributed by atoms with van der Waals surface area (Å²) in [6.45, 7) is 1.65. The Labute approximate surface area is 88.3 Å². The molecule has 1 aromatic carbocycles. The third kappa shape index (κ3) is 2.54. The molecular weight excluding hydrogens is 216 g/mol. The van der Waals surface area contributed by atoms with Gasteiger partial charge in [-0.1, -0.05) is 0 Å². The predicted molar refractivity (Wildman–Crippen MR) is 55.9 cm³/mol. The van der Waals surface area contributed by atoms with Gasteiger partial charge in [0.25, 0.3) is 5.91 Å². The molecule has 0 saturated carbocycles. The largest absolute Gasteiger partial charge is 0.355 e. The van der Waals surface area contributed by atoms with Crippen LogP contribution in [0.3, 0.4) is 0 Å². The van der Waals surface area contributed by atoms with Gasteiger partial charge in [-0.05, 0) is 30.7 Å². The molecule has 0 saturated heterocycles. The van der Waals surface area contributed by atoms with Crippen LogP contribution >= 0.6 is 0 Å². The van der Waals surface area contributed by atoms with Crippen LogP contribution in [0, 0.1) is 6.92 Å². The number of carbonyl (C=O) groups excluding carboxylic acids is 1. The van der Waals surface area contributed by atoms with Crippen molar-refractivity contribution in [2.24, 2.45) is 5.14 Å². The minimum Gasteiger partial charge on any atom is -0.355 e. The van der Waals surface area contributed by atoms with E-state index in [0.29, 0.717) is 11.1 Å². The molecule has 0 heterocycles. The lowest BCUT2D eigenvalue weighted by molar-refractivity contribution is 0.0962. The molecule has 1 amide bonds. The van der Waals surface area contributed by atoms with Crippen molar-refractivity contribution in [3.8, 4) is 0 Å². The zero-order valence-corrected chi connectivity index (χ0v) is 9.26. The topological polar surface area (TPSA) is 89.3 Å². The van der Waals surface area contributed by atoms with E-state index in [4.69, 9.17) is 5.14 Å². The molecule has 0 spiro atoms. The molecule has 3 N–H and O–H groups in total. The Kier molecular flexibility index (Phi) is 3.11. The molecule has 5 nitrogen and oxygen atoms in total. The van der Waals surface area contributed by atoms with Gasteiger partial charge in [0, 0.05) is 12.6 Å². The summed E-state index contributed by atoms with van der Waals surface area (Å²) < 4.78 is 22.0. The van der Waals surface area contributed by atoms with E-state index in [0.717, 1.165) is 0 Å². The van der Waals surface area contributed by atoms with Crippen LogP contribution < -0.4 is 10.5 Å². The summed E-state index contributed by atoms with van der Waals surface area (Å²) >= 11 is 0. The number of hydrogen-bond donors (Lipinski definition) is 2. The molecule has 0 fully saturated rings. The van der Waals surface area contributed by atoms with Crippen molar-refractivity contribution in [2.75, 3.05) is 7.05 Å². The third-order valence-corrected chi connectivity index (χ3v) is 2.91. The van der Waals surface area contributed by atoms with Gasteiger partial charge < -0.3 is 5.32 Å². The molecule has 0 bridgehead atoms. The first-order valence-corrected chi connectivity index (χ1v) is 5.76. The first kappa shape index (κ1) is 11.7. The molecular formula is C9H12N2O3S. The van der Waals surface area contributed by atoms with Crippen LogP contribution in [-0.4, -0.2) is 21.4 Å². The van der Waals surface area contributed by atoms with E-state index in [1.165, 1.54) is 25.2 Å². The molecule has 15 heavy (non-hydrogen) atoms. The molecule has 0 radical (unpaired) electrons. The molecule has 6 heteroatoms. The standard InChI is InChI=1S/C9H12N2O3S/c1-6-5-7(15(10,13)14)3-4-8(6)9(12)11-2/h3-5H,1-2H3,(H,11,12)(H2,10,13,14). The van der Waals surface area contributed by atoms with E-state index < -0.39 is 10.0 Å². The van der Waals surface area contributed by atoms with Crippen LogP contribution in [0.4, 0.5) is 0 Å². The molecule has 0 aromatic heterocycles. The second-order valence-corrected chi connectivity index (χ2v) is 4.66. The van der Waals surface area contributed by atoms with Gasteiger partial charge >= 0.3 is 0 Å². The average Bonchev–Trinajstić information content (AvgIpc) is 2.15. The van der Waals surface area contributed by atoms with Gasteiger partial charge in [-0.25, -0.2) is 13.6 Å². The van der Waals surface area contributed by atoms with Crippen molar-refractivity contribution < 1.29 is 13.2 Å². The Morgan fingerprint density at radius 2 is 2.00 bits per heavy atom. The van der Waals surface area contributed by atoms with Crippen LogP contribution in [0.25, 0.3) is 0 Å². The van der Waals surface area contributed by atoms with Crippen LogP contribution in [0.15, 0.2) is 23.1 Å². The van der Waals surface area contributed by atoms with Gasteiger partial charge in [-0.15, -0.1) is 0 Å². The monoisotopic (exact) mass is 228 g/mol. The Morgan fingerprint density at radius 3 is 2.40 bits per heavy atom. The predicted octanol–water partition coefficient (Wildman–Crippen LogP) is 0.00202. The van der Waals surface area contributed by atoms with Gasteiger partial charge in [0.05, 0.1) is 4.90 Å². The number of nitrogens with two attached hydrogens (primary N) is 1. The molecule has 1 aromatic rings. The Hall–Kier alpha value is -1.40. The number of benzene rings is 1. The number of rotatable bonds is 2. The Bertz CT molecular complexity index is 494. The fourth-order valence-electron chi connectivity index (χ4n) is 1.20. The second-order valence-electron chi connectivity index (χ2n) is 3.10. The van der Waals surface area contributed by atoms with Gasteiger partial charge in [0.2, 0.25) is 10.0 Å². The van der Waals surface area contributed by atoms with Crippen molar-refractivity contribution in [3.63, 3.8) is 0 Å². The Morgan fingerprint density at radius 1 is 1.40 bits per heavy atom. The summed E-state index contributed by atoms with van der Waals surface area (Å²) in [5.41, 5.74) is 1.01. The van der Waals surface area contributed by atoms with Gasteiger partial charge in [-0.2, -0.15) is 0 Å². The van der Waals surface area contributed by atoms with Gasteiger partial charge in [-0.3, -0.25) is 4.79 Å². The molecule has 0 unspecified atom stereocenters. The van der Waals surface area contributed by atoms with E-state index in [2.05, 4.69) is 5.32 Å². The summed E-state index contributed by atoms with van der Waals surface area (Å²) in [6, 6.07) is 4.13. The van der Waals surface area contributed by atoms with E-state index >= 15 is 0 Å². The van der Waals surface area contributed by atoms with E-state index in [-0.39, 0.29) is 10.8 Å². The highest BCUT2D eigenvalue weighted by Crippen LogP contribution is 2.14. The van der Waals surface area contributed by atoms with E-state index in [1.54, 1.807) is 6.92 Å². The summed E-state index contributed by atoms with van der Waals surface area (Å²) in [7, 11) is -2.20. The first-order chi connectivity index (χ1) is 6.86. The lowest BCUT2D eigenvalue weighted by Crippen LogP contribution is -2.19. The highest BCUT2D eigenvalue weighted by molar-refractivity contribution is 7.89. The van der Waals surface area contributed by atoms with Crippen LogP contribution in [0.1, 0.15) is 15.9 Å². The highest BCUT2D eigenvalue weighted by atomic mass is 32.2. The summed E-state index contributed by atoms with van der Waals surface area (Å²) in [5.74, 6) is -0.256. The lowest BCUT2D eigenvalue weighted by Gasteiger charge is -2.05. The smallest absolute Gasteiger partial charge is 0.251 e. The first-order valence-electron chi connectivity index (χ1n) is 4.22. The molecule has 0 atom stereocenters. The number of carbonyl (C=O) groups is 1. The number of hydrogen-bond acceptors (Lipinski definition) is 3. The van der Waals surface area contributed by atoms with Crippen molar-refractivity contribution in [1.82, 2.24) is 5.32 Å². The van der Waals surface area contributed by atoms with E-state index in [1.807, 2.05) is 0 Å². The molecule has 0 aliphatic heterocycles. The molecule has 0 aliphatic rings. The van der Waals surface area contributed by atoms with Crippen LogP contribution in [0.2, 0.25) is 0 Å². The molecule has 1 rings (SSSR count). The van der Waals surface area contributed by atoms with Gasteiger partial charge in [0.1, 0.15) is 0 Å². The quantitative estimate of drug-likeness (QED) is 0.746. The van der Waals surface area contributed by atoms with Crippen LogP contribution in [0.5, 0.6) is 0 Å². The Balaban J connectivity index is 3.27. The fraction of sp³-hybridized carbons (Fsp3) is 0.222. The summed E-state index contributed by atoms with van der Waals surface area (Å²) in [4.78, 5) is 11.3. The molecule has 82 valence electrons.